The molecule has 0 spiro atoms. The molecule has 5 nitrogen and oxygen atoms in total. The van der Waals surface area contributed by atoms with Gasteiger partial charge in [-0.2, -0.15) is 0 Å². The molecule has 1 aliphatic rings. The maximum absolute atomic E-state index is 12.5. The van der Waals surface area contributed by atoms with Crippen LogP contribution >= 0.6 is 11.3 Å². The zero-order valence-electron chi connectivity index (χ0n) is 12.5. The molecular formula is C17H16N4OS. The van der Waals surface area contributed by atoms with Crippen molar-refractivity contribution in [2.75, 3.05) is 5.32 Å². The summed E-state index contributed by atoms with van der Waals surface area (Å²) in [5.74, 6) is 0.480. The van der Waals surface area contributed by atoms with Crippen molar-refractivity contribution in [3.8, 4) is 0 Å². The van der Waals surface area contributed by atoms with Crippen LogP contribution in [0.25, 0.3) is 0 Å². The first kappa shape index (κ1) is 14.1. The Morgan fingerprint density at radius 1 is 1.30 bits per heavy atom. The lowest BCUT2D eigenvalue weighted by molar-refractivity contribution is 0.101. The minimum Gasteiger partial charge on any atom is -0.339 e. The maximum Gasteiger partial charge on any atom is 0.274 e. The Morgan fingerprint density at radius 3 is 2.91 bits per heavy atom. The average molecular weight is 324 g/mol. The van der Waals surface area contributed by atoms with E-state index in [0.29, 0.717) is 23.3 Å². The predicted octanol–water partition coefficient (Wildman–Crippen LogP) is 3.52. The van der Waals surface area contributed by atoms with E-state index < -0.39 is 0 Å². The molecule has 3 heterocycles. The highest BCUT2D eigenvalue weighted by atomic mass is 32.1. The monoisotopic (exact) mass is 324 g/mol. The number of carbonyl (C=O) groups is 1. The molecule has 4 rings (SSSR count). The minimum atomic E-state index is -0.124. The van der Waals surface area contributed by atoms with Gasteiger partial charge in [0.2, 0.25) is 0 Å². The number of hydrogen-bond acceptors (Lipinski definition) is 4. The lowest BCUT2D eigenvalue weighted by atomic mass is 10.2. The van der Waals surface area contributed by atoms with Crippen LogP contribution in [0.1, 0.15) is 40.5 Å². The Kier molecular flexibility index (Phi) is 3.67. The summed E-state index contributed by atoms with van der Waals surface area (Å²) in [5.41, 5.74) is 2.85. The molecule has 116 valence electrons. The van der Waals surface area contributed by atoms with Gasteiger partial charge in [-0.05, 0) is 42.7 Å². The lowest BCUT2D eigenvalue weighted by Crippen LogP contribution is -2.17. The largest absolute Gasteiger partial charge is 0.339 e. The van der Waals surface area contributed by atoms with Crippen molar-refractivity contribution in [3.05, 3.63) is 65.2 Å². The Balaban J connectivity index is 1.48. The van der Waals surface area contributed by atoms with Crippen molar-refractivity contribution in [3.63, 3.8) is 0 Å². The summed E-state index contributed by atoms with van der Waals surface area (Å²) in [6.07, 6.45) is 7.85. The van der Waals surface area contributed by atoms with E-state index in [9.17, 15) is 4.79 Å². The molecule has 1 amide bonds. The van der Waals surface area contributed by atoms with E-state index in [1.165, 1.54) is 24.2 Å². The number of pyridine rings is 1. The summed E-state index contributed by atoms with van der Waals surface area (Å²) < 4.78 is 1.93. The summed E-state index contributed by atoms with van der Waals surface area (Å²) in [7, 11) is 0. The molecule has 3 aromatic rings. The summed E-state index contributed by atoms with van der Waals surface area (Å²) in [6, 6.07) is 7.61. The van der Waals surface area contributed by atoms with Gasteiger partial charge in [-0.15, -0.1) is 11.3 Å². The van der Waals surface area contributed by atoms with Gasteiger partial charge in [0.15, 0.2) is 5.13 Å². The smallest absolute Gasteiger partial charge is 0.274 e. The second kappa shape index (κ2) is 5.96. The van der Waals surface area contributed by atoms with Crippen LogP contribution in [0, 0.1) is 0 Å². The van der Waals surface area contributed by atoms with Crippen LogP contribution in [-0.2, 0) is 6.54 Å². The molecule has 1 N–H and O–H groups in total. The first-order valence-corrected chi connectivity index (χ1v) is 8.48. The number of hydrogen-bond donors (Lipinski definition) is 1. The number of thiazole rings is 1. The number of carbonyl (C=O) groups excluding carboxylic acids is 1. The number of anilines is 1. The van der Waals surface area contributed by atoms with Gasteiger partial charge in [0.05, 0.1) is 5.69 Å². The normalized spacial score (nSPS) is 13.9. The van der Waals surface area contributed by atoms with E-state index in [-0.39, 0.29) is 5.91 Å². The first-order chi connectivity index (χ1) is 11.3. The first-order valence-electron chi connectivity index (χ1n) is 7.60. The number of nitrogens with zero attached hydrogens (tertiary/aromatic N) is 3. The highest BCUT2D eigenvalue weighted by Gasteiger charge is 2.26. The van der Waals surface area contributed by atoms with Gasteiger partial charge in [-0.1, -0.05) is 0 Å². The van der Waals surface area contributed by atoms with Gasteiger partial charge >= 0.3 is 0 Å². The molecular weight excluding hydrogens is 308 g/mol. The van der Waals surface area contributed by atoms with Crippen LogP contribution in [0.5, 0.6) is 0 Å². The predicted molar refractivity (Wildman–Crippen MR) is 89.8 cm³/mol. The zero-order valence-corrected chi connectivity index (χ0v) is 13.3. The van der Waals surface area contributed by atoms with E-state index in [4.69, 9.17) is 0 Å². The molecule has 0 saturated heterocycles. The number of aromatic nitrogens is 3. The van der Waals surface area contributed by atoms with Crippen molar-refractivity contribution in [1.29, 1.82) is 0 Å². The van der Waals surface area contributed by atoms with Gasteiger partial charge in [-0.25, -0.2) is 4.98 Å². The Morgan fingerprint density at radius 2 is 2.13 bits per heavy atom. The standard InChI is InChI=1S/C17H16N4OS/c22-16(20-17-19-14(11-23-17)13-3-4-13)15-2-1-9-21(15)10-12-5-7-18-8-6-12/h1-2,5-9,11,13H,3-4,10H2,(H,19,20,22). The molecule has 0 unspecified atom stereocenters. The molecule has 0 aromatic carbocycles. The average Bonchev–Trinajstić information content (AvgIpc) is 3.13. The van der Waals surface area contributed by atoms with Gasteiger partial charge in [0, 0.05) is 36.4 Å². The van der Waals surface area contributed by atoms with Crippen molar-refractivity contribution in [2.24, 2.45) is 0 Å². The van der Waals surface area contributed by atoms with Crippen molar-refractivity contribution in [2.45, 2.75) is 25.3 Å². The minimum absolute atomic E-state index is 0.124. The fourth-order valence-electron chi connectivity index (χ4n) is 2.51. The molecule has 3 aromatic heterocycles. The van der Waals surface area contributed by atoms with E-state index in [1.807, 2.05) is 40.4 Å². The Bertz CT molecular complexity index is 820. The molecule has 6 heteroatoms. The fourth-order valence-corrected chi connectivity index (χ4v) is 3.30. The topological polar surface area (TPSA) is 59.8 Å². The van der Waals surface area contributed by atoms with Crippen molar-refractivity contribution >= 4 is 22.4 Å². The van der Waals surface area contributed by atoms with E-state index in [1.54, 1.807) is 12.4 Å². The van der Waals surface area contributed by atoms with E-state index in [0.717, 1.165) is 11.3 Å². The fraction of sp³-hybridized carbons (Fsp3) is 0.235. The second-order valence-corrected chi connectivity index (χ2v) is 6.54. The third kappa shape index (κ3) is 3.17. The van der Waals surface area contributed by atoms with Crippen LogP contribution in [-0.4, -0.2) is 20.4 Å². The molecule has 1 saturated carbocycles. The summed E-state index contributed by atoms with van der Waals surface area (Å²) >= 11 is 1.49. The Hall–Kier alpha value is -2.47. The molecule has 0 atom stereocenters. The quantitative estimate of drug-likeness (QED) is 0.781. The number of nitrogens with one attached hydrogen (secondary N) is 1. The molecule has 0 radical (unpaired) electrons. The highest BCUT2D eigenvalue weighted by molar-refractivity contribution is 7.14. The van der Waals surface area contributed by atoms with Gasteiger partial charge in [0.25, 0.3) is 5.91 Å². The highest BCUT2D eigenvalue weighted by Crippen LogP contribution is 2.40. The van der Waals surface area contributed by atoms with Crippen LogP contribution in [0.15, 0.2) is 48.2 Å². The SMILES string of the molecule is O=C(Nc1nc(C2CC2)cs1)c1cccn1Cc1ccncc1. The molecule has 1 aliphatic carbocycles. The lowest BCUT2D eigenvalue weighted by Gasteiger charge is -2.08. The third-order valence-electron chi connectivity index (χ3n) is 3.90. The second-order valence-electron chi connectivity index (χ2n) is 5.68. The number of amides is 1. The van der Waals surface area contributed by atoms with Crippen LogP contribution in [0.4, 0.5) is 5.13 Å². The summed E-state index contributed by atoms with van der Waals surface area (Å²) in [6.45, 7) is 0.642. The van der Waals surface area contributed by atoms with Crippen molar-refractivity contribution in [1.82, 2.24) is 14.5 Å². The zero-order chi connectivity index (χ0) is 15.6. The number of rotatable bonds is 5. The van der Waals surface area contributed by atoms with E-state index >= 15 is 0 Å². The molecule has 0 bridgehead atoms. The van der Waals surface area contributed by atoms with Gasteiger partial charge in [0.1, 0.15) is 5.69 Å². The summed E-state index contributed by atoms with van der Waals surface area (Å²) in [5, 5.41) is 5.63. The molecule has 0 aliphatic heterocycles. The van der Waals surface area contributed by atoms with Crippen molar-refractivity contribution < 1.29 is 4.79 Å². The maximum atomic E-state index is 12.5. The third-order valence-corrected chi connectivity index (χ3v) is 4.68. The van der Waals surface area contributed by atoms with Crippen LogP contribution in [0.2, 0.25) is 0 Å². The van der Waals surface area contributed by atoms with Gasteiger partial charge < -0.3 is 4.57 Å². The molecule has 1 fully saturated rings. The van der Waals surface area contributed by atoms with Gasteiger partial charge in [-0.3, -0.25) is 15.1 Å². The Labute approximate surface area is 138 Å². The summed E-state index contributed by atoms with van der Waals surface area (Å²) in [4.78, 5) is 21.0. The van der Waals surface area contributed by atoms with E-state index in [2.05, 4.69) is 15.3 Å². The molecule has 23 heavy (non-hydrogen) atoms. The van der Waals surface area contributed by atoms with Crippen LogP contribution < -0.4 is 5.32 Å². The van der Waals surface area contributed by atoms with Crippen LogP contribution in [0.3, 0.4) is 0 Å².